The average molecular weight is 263 g/mol. The molecular weight excluding hydrogens is 238 g/mol. The van der Waals surface area contributed by atoms with Crippen LogP contribution in [0.1, 0.15) is 53.3 Å². The fraction of sp³-hybridized carbons (Fsp3) is 0.714. The fourth-order valence-electron chi connectivity index (χ4n) is 2.58. The lowest BCUT2D eigenvalue weighted by atomic mass is 10.0. The van der Waals surface area contributed by atoms with E-state index >= 15 is 0 Å². The Hall–Kier alpha value is -1.36. The highest BCUT2D eigenvalue weighted by Crippen LogP contribution is 2.63. The quantitative estimate of drug-likeness (QED) is 0.575. The van der Waals surface area contributed by atoms with Crippen molar-refractivity contribution >= 4 is 11.6 Å². The lowest BCUT2D eigenvalue weighted by molar-refractivity contribution is 0.457. The molecule has 5 nitrogen and oxygen atoms in total. The molecule has 4 N–H and O–H groups in total. The second-order valence-corrected chi connectivity index (χ2v) is 6.82. The van der Waals surface area contributed by atoms with Gasteiger partial charge in [0.2, 0.25) is 0 Å². The summed E-state index contributed by atoms with van der Waals surface area (Å²) in [4.78, 5) is 8.94. The van der Waals surface area contributed by atoms with Gasteiger partial charge in [0.25, 0.3) is 0 Å². The lowest BCUT2D eigenvalue weighted by Gasteiger charge is -2.12. The maximum Gasteiger partial charge on any atom is 0.145 e. The van der Waals surface area contributed by atoms with Crippen molar-refractivity contribution in [2.45, 2.75) is 53.5 Å². The first-order valence-corrected chi connectivity index (χ1v) is 6.82. The molecule has 1 aromatic rings. The summed E-state index contributed by atoms with van der Waals surface area (Å²) in [5.74, 6) is 8.04. The normalized spacial score (nSPS) is 20.4. The smallest absolute Gasteiger partial charge is 0.145 e. The molecule has 0 saturated heterocycles. The number of hydrogen-bond acceptors (Lipinski definition) is 5. The van der Waals surface area contributed by atoms with E-state index in [1.807, 2.05) is 6.07 Å². The molecule has 1 heterocycles. The second kappa shape index (κ2) is 4.34. The number of nitrogens with two attached hydrogens (primary N) is 1. The molecule has 0 unspecified atom stereocenters. The zero-order valence-corrected chi connectivity index (χ0v) is 12.7. The van der Waals surface area contributed by atoms with E-state index in [9.17, 15) is 0 Å². The van der Waals surface area contributed by atoms with E-state index < -0.39 is 0 Å². The first-order valence-electron chi connectivity index (χ1n) is 6.82. The molecular formula is C14H25N5. The Labute approximate surface area is 115 Å². The van der Waals surface area contributed by atoms with Crippen LogP contribution in [0.4, 0.5) is 11.6 Å². The minimum Gasteiger partial charge on any atom is -0.366 e. The van der Waals surface area contributed by atoms with Gasteiger partial charge < -0.3 is 10.7 Å². The molecule has 0 aromatic carbocycles. The van der Waals surface area contributed by atoms with E-state index in [0.717, 1.165) is 11.6 Å². The van der Waals surface area contributed by atoms with E-state index in [0.29, 0.717) is 11.9 Å². The largest absolute Gasteiger partial charge is 0.366 e. The monoisotopic (exact) mass is 263 g/mol. The molecule has 1 fully saturated rings. The summed E-state index contributed by atoms with van der Waals surface area (Å²) in [5, 5.41) is 3.52. The van der Waals surface area contributed by atoms with Crippen LogP contribution in [0.15, 0.2) is 6.07 Å². The Balaban J connectivity index is 2.24. The number of hydrogen-bond donors (Lipinski definition) is 3. The van der Waals surface area contributed by atoms with E-state index in [4.69, 9.17) is 5.84 Å². The van der Waals surface area contributed by atoms with Gasteiger partial charge in [-0.3, -0.25) is 0 Å². The zero-order valence-electron chi connectivity index (χ0n) is 12.7. The number of rotatable bonds is 4. The maximum absolute atomic E-state index is 5.47. The van der Waals surface area contributed by atoms with Gasteiger partial charge in [-0.25, -0.2) is 15.8 Å². The predicted molar refractivity (Wildman–Crippen MR) is 78.9 cm³/mol. The maximum atomic E-state index is 5.47. The van der Waals surface area contributed by atoms with Crippen LogP contribution in [-0.2, 0) is 0 Å². The summed E-state index contributed by atoms with van der Waals surface area (Å²) in [6.07, 6.45) is 0. The second-order valence-electron chi connectivity index (χ2n) is 6.82. The van der Waals surface area contributed by atoms with E-state index in [-0.39, 0.29) is 16.7 Å². The van der Waals surface area contributed by atoms with Crippen molar-refractivity contribution in [1.29, 1.82) is 0 Å². The summed E-state index contributed by atoms with van der Waals surface area (Å²) in [5.41, 5.74) is 3.15. The molecule has 1 saturated carbocycles. The van der Waals surface area contributed by atoms with Crippen LogP contribution in [0.2, 0.25) is 0 Å². The van der Waals surface area contributed by atoms with Crippen molar-refractivity contribution in [3.05, 3.63) is 11.9 Å². The highest BCUT2D eigenvalue weighted by atomic mass is 15.3. The summed E-state index contributed by atoms with van der Waals surface area (Å²) >= 11 is 0. The van der Waals surface area contributed by atoms with E-state index in [1.165, 1.54) is 0 Å². The molecule has 2 rings (SSSR count). The van der Waals surface area contributed by atoms with Gasteiger partial charge in [-0.05, 0) is 10.8 Å². The highest BCUT2D eigenvalue weighted by molar-refractivity contribution is 5.50. The molecule has 0 aliphatic heterocycles. The van der Waals surface area contributed by atoms with Gasteiger partial charge in [-0.2, -0.15) is 0 Å². The topological polar surface area (TPSA) is 75.9 Å². The van der Waals surface area contributed by atoms with Crippen molar-refractivity contribution in [3.63, 3.8) is 0 Å². The third-order valence-corrected chi connectivity index (χ3v) is 4.72. The van der Waals surface area contributed by atoms with Gasteiger partial charge in [0.15, 0.2) is 0 Å². The fourth-order valence-corrected chi connectivity index (χ4v) is 2.58. The molecule has 106 valence electrons. The summed E-state index contributed by atoms with van der Waals surface area (Å²) < 4.78 is 0. The van der Waals surface area contributed by atoms with Crippen molar-refractivity contribution in [2.24, 2.45) is 16.7 Å². The zero-order chi connectivity index (χ0) is 14.4. The Morgan fingerprint density at radius 3 is 2.05 bits per heavy atom. The number of aromatic nitrogens is 2. The van der Waals surface area contributed by atoms with Gasteiger partial charge in [0, 0.05) is 18.0 Å². The Morgan fingerprint density at radius 1 is 1.11 bits per heavy atom. The van der Waals surface area contributed by atoms with Crippen molar-refractivity contribution in [3.8, 4) is 0 Å². The van der Waals surface area contributed by atoms with Crippen LogP contribution < -0.4 is 16.6 Å². The first kappa shape index (κ1) is 14.1. The molecule has 0 amide bonds. The minimum atomic E-state index is 0.270. The number of nitrogens with zero attached hydrogens (tertiary/aromatic N) is 2. The van der Waals surface area contributed by atoms with Crippen LogP contribution in [0.5, 0.6) is 0 Å². The predicted octanol–water partition coefficient (Wildman–Crippen LogP) is 2.73. The van der Waals surface area contributed by atoms with Gasteiger partial charge in [0.1, 0.15) is 17.5 Å². The van der Waals surface area contributed by atoms with E-state index in [1.54, 1.807) is 0 Å². The van der Waals surface area contributed by atoms with Crippen molar-refractivity contribution in [1.82, 2.24) is 9.97 Å². The number of nitrogen functional groups attached to an aromatic ring is 1. The average Bonchev–Trinajstić information content (AvgIpc) is 2.71. The van der Waals surface area contributed by atoms with Gasteiger partial charge in [0.05, 0.1) is 0 Å². The van der Waals surface area contributed by atoms with Gasteiger partial charge in [-0.15, -0.1) is 0 Å². The molecule has 0 radical (unpaired) electrons. The van der Waals surface area contributed by atoms with Crippen LogP contribution in [0.25, 0.3) is 0 Å². The summed E-state index contributed by atoms with van der Waals surface area (Å²) in [6.45, 7) is 13.2. The molecule has 1 aromatic heterocycles. The summed E-state index contributed by atoms with van der Waals surface area (Å²) in [6, 6.07) is 2.27. The standard InChI is InChI=1S/C14H25N5/c1-8(2)11-16-9(7-10(17-11)19-15)18-12-13(3,4)14(12,5)6/h7-8,12H,15H2,1-6H3,(H2,16,17,18,19). The molecule has 0 spiro atoms. The number of nitrogens with one attached hydrogen (secondary N) is 2. The Kier molecular flexibility index (Phi) is 3.21. The van der Waals surface area contributed by atoms with E-state index in [2.05, 4.69) is 62.3 Å². The van der Waals surface area contributed by atoms with Gasteiger partial charge >= 0.3 is 0 Å². The van der Waals surface area contributed by atoms with Crippen LogP contribution in [-0.4, -0.2) is 16.0 Å². The summed E-state index contributed by atoms with van der Waals surface area (Å²) in [7, 11) is 0. The lowest BCUT2D eigenvalue weighted by Crippen LogP contribution is -2.16. The van der Waals surface area contributed by atoms with Gasteiger partial charge in [-0.1, -0.05) is 41.5 Å². The molecule has 1 aliphatic carbocycles. The third kappa shape index (κ3) is 2.27. The highest BCUT2D eigenvalue weighted by Gasteiger charge is 2.65. The van der Waals surface area contributed by atoms with Crippen molar-refractivity contribution in [2.75, 3.05) is 10.7 Å². The van der Waals surface area contributed by atoms with Crippen LogP contribution >= 0.6 is 0 Å². The Bertz CT molecular complexity index is 465. The molecule has 19 heavy (non-hydrogen) atoms. The molecule has 0 atom stereocenters. The first-order chi connectivity index (χ1) is 8.70. The van der Waals surface area contributed by atoms with Crippen molar-refractivity contribution < 1.29 is 0 Å². The third-order valence-electron chi connectivity index (χ3n) is 4.72. The molecule has 5 heteroatoms. The van der Waals surface area contributed by atoms with Crippen LogP contribution in [0.3, 0.4) is 0 Å². The Morgan fingerprint density at radius 2 is 1.63 bits per heavy atom. The number of anilines is 2. The molecule has 0 bridgehead atoms. The number of hydrazine groups is 1. The SMILES string of the molecule is CC(C)c1nc(NN)cc(NC2C(C)(C)C2(C)C)n1. The van der Waals surface area contributed by atoms with Crippen LogP contribution in [0, 0.1) is 10.8 Å². The molecule has 1 aliphatic rings. The minimum absolute atomic E-state index is 0.270.